The van der Waals surface area contributed by atoms with Crippen LogP contribution >= 0.6 is 0 Å². The third-order valence-electron chi connectivity index (χ3n) is 3.30. The number of hydrogen-bond acceptors (Lipinski definition) is 2. The molecule has 0 amide bonds. The van der Waals surface area contributed by atoms with Gasteiger partial charge in [0.15, 0.2) is 0 Å². The standard InChI is InChI=1S/C9H17BO2.C6H12.C2H6/c1-6-7-10-11-8(2,3)9(4,5)12-10;1-3-5-6-4-2;1-2/h6H,1,7H2,2-5H3;5-6H,3-4H2,1-2H3;1-2H3. The summed E-state index contributed by atoms with van der Waals surface area (Å²) in [5, 5.41) is 0. The van der Waals surface area contributed by atoms with E-state index in [2.05, 4.69) is 60.3 Å². The lowest BCUT2D eigenvalue weighted by Gasteiger charge is -2.32. The molecule has 0 saturated carbocycles. The summed E-state index contributed by atoms with van der Waals surface area (Å²) in [6, 6.07) is 0. The van der Waals surface area contributed by atoms with Crippen LogP contribution in [0.25, 0.3) is 0 Å². The monoisotopic (exact) mass is 282 g/mol. The Balaban J connectivity index is 0. The highest BCUT2D eigenvalue weighted by atomic mass is 16.7. The average molecular weight is 282 g/mol. The van der Waals surface area contributed by atoms with Crippen LogP contribution in [0.3, 0.4) is 0 Å². The van der Waals surface area contributed by atoms with E-state index < -0.39 is 0 Å². The zero-order valence-electron chi connectivity index (χ0n) is 15.0. The Morgan fingerprint density at radius 3 is 1.50 bits per heavy atom. The summed E-state index contributed by atoms with van der Waals surface area (Å²) in [7, 11) is -0.118. The molecular formula is C17H35BO2. The van der Waals surface area contributed by atoms with Crippen molar-refractivity contribution in [3.8, 4) is 0 Å². The quantitative estimate of drug-likeness (QED) is 0.489. The van der Waals surface area contributed by atoms with Gasteiger partial charge in [-0.05, 0) is 40.5 Å². The van der Waals surface area contributed by atoms with Crippen LogP contribution in [0.5, 0.6) is 0 Å². The first-order valence-electron chi connectivity index (χ1n) is 7.92. The molecule has 1 aliphatic rings. The third kappa shape index (κ3) is 7.91. The first kappa shape index (κ1) is 21.8. The Morgan fingerprint density at radius 2 is 1.25 bits per heavy atom. The van der Waals surface area contributed by atoms with Crippen molar-refractivity contribution in [3.63, 3.8) is 0 Å². The number of hydrogen-bond donors (Lipinski definition) is 0. The van der Waals surface area contributed by atoms with Gasteiger partial charge in [0.2, 0.25) is 0 Å². The van der Waals surface area contributed by atoms with Crippen molar-refractivity contribution in [2.24, 2.45) is 0 Å². The molecule has 1 aliphatic heterocycles. The molecule has 0 aliphatic carbocycles. The maximum atomic E-state index is 5.71. The lowest BCUT2D eigenvalue weighted by molar-refractivity contribution is 0.00578. The minimum absolute atomic E-state index is 0.118. The predicted octanol–water partition coefficient (Wildman–Crippen LogP) is 5.65. The molecule has 0 unspecified atom stereocenters. The molecule has 0 aromatic rings. The first-order valence-corrected chi connectivity index (χ1v) is 7.92. The van der Waals surface area contributed by atoms with Gasteiger partial charge in [-0.25, -0.2) is 0 Å². The van der Waals surface area contributed by atoms with Gasteiger partial charge in [0, 0.05) is 6.32 Å². The summed E-state index contributed by atoms with van der Waals surface area (Å²) in [6.45, 7) is 20.2. The molecule has 3 heteroatoms. The zero-order valence-corrected chi connectivity index (χ0v) is 15.0. The van der Waals surface area contributed by atoms with Gasteiger partial charge in [0.25, 0.3) is 0 Å². The molecule has 0 N–H and O–H groups in total. The summed E-state index contributed by atoms with van der Waals surface area (Å²) in [5.41, 5.74) is -0.415. The van der Waals surface area contributed by atoms with Crippen molar-refractivity contribution in [1.82, 2.24) is 0 Å². The van der Waals surface area contributed by atoms with E-state index >= 15 is 0 Å². The molecule has 1 saturated heterocycles. The molecule has 2 nitrogen and oxygen atoms in total. The fraction of sp³-hybridized carbons (Fsp3) is 0.765. The van der Waals surface area contributed by atoms with E-state index in [0.717, 1.165) is 6.32 Å². The third-order valence-corrected chi connectivity index (χ3v) is 3.30. The van der Waals surface area contributed by atoms with Crippen LogP contribution in [-0.4, -0.2) is 18.3 Å². The van der Waals surface area contributed by atoms with Crippen LogP contribution in [0.2, 0.25) is 6.32 Å². The van der Waals surface area contributed by atoms with E-state index in [1.807, 2.05) is 19.9 Å². The summed E-state index contributed by atoms with van der Waals surface area (Å²) in [5.74, 6) is 0. The Bertz CT molecular complexity index is 248. The van der Waals surface area contributed by atoms with Crippen molar-refractivity contribution in [1.29, 1.82) is 0 Å². The molecular weight excluding hydrogens is 247 g/mol. The normalized spacial score (nSPS) is 18.9. The molecule has 0 aromatic carbocycles. The second-order valence-electron chi connectivity index (χ2n) is 5.50. The zero-order chi connectivity index (χ0) is 16.2. The van der Waals surface area contributed by atoms with Crippen molar-refractivity contribution >= 4 is 7.12 Å². The number of rotatable bonds is 4. The molecule has 0 spiro atoms. The Morgan fingerprint density at radius 1 is 0.900 bits per heavy atom. The lowest BCUT2D eigenvalue weighted by atomic mass is 9.85. The second-order valence-corrected chi connectivity index (χ2v) is 5.50. The molecule has 0 radical (unpaired) electrons. The van der Waals surface area contributed by atoms with Crippen LogP contribution in [0.4, 0.5) is 0 Å². The molecule has 0 aromatic heterocycles. The Kier molecular flexibility index (Phi) is 12.1. The number of allylic oxidation sites excluding steroid dienone is 3. The highest BCUT2D eigenvalue weighted by Gasteiger charge is 2.50. The van der Waals surface area contributed by atoms with Crippen molar-refractivity contribution in [2.75, 3.05) is 0 Å². The Labute approximate surface area is 127 Å². The van der Waals surface area contributed by atoms with Gasteiger partial charge >= 0.3 is 7.12 Å². The van der Waals surface area contributed by atoms with E-state index in [4.69, 9.17) is 9.31 Å². The molecule has 1 rings (SSSR count). The van der Waals surface area contributed by atoms with Crippen LogP contribution < -0.4 is 0 Å². The molecule has 1 fully saturated rings. The largest absolute Gasteiger partial charge is 0.461 e. The molecule has 0 bridgehead atoms. The summed E-state index contributed by atoms with van der Waals surface area (Å²) >= 11 is 0. The minimum Gasteiger partial charge on any atom is -0.403 e. The smallest absolute Gasteiger partial charge is 0.403 e. The average Bonchev–Trinajstić information content (AvgIpc) is 2.58. The van der Waals surface area contributed by atoms with Crippen molar-refractivity contribution < 1.29 is 9.31 Å². The first-order chi connectivity index (χ1) is 9.30. The lowest BCUT2D eigenvalue weighted by Crippen LogP contribution is -2.41. The van der Waals surface area contributed by atoms with E-state index in [-0.39, 0.29) is 18.3 Å². The maximum absolute atomic E-state index is 5.71. The van der Waals surface area contributed by atoms with Crippen LogP contribution in [-0.2, 0) is 9.31 Å². The molecule has 0 atom stereocenters. The van der Waals surface area contributed by atoms with Gasteiger partial charge in [-0.2, -0.15) is 0 Å². The minimum atomic E-state index is -0.208. The summed E-state index contributed by atoms with van der Waals surface area (Å²) < 4.78 is 11.4. The molecule has 1 heterocycles. The highest BCUT2D eigenvalue weighted by molar-refractivity contribution is 6.46. The Hall–Kier alpha value is -0.535. The van der Waals surface area contributed by atoms with Crippen molar-refractivity contribution in [3.05, 3.63) is 24.8 Å². The van der Waals surface area contributed by atoms with E-state index in [0.29, 0.717) is 0 Å². The van der Waals surface area contributed by atoms with Gasteiger partial charge in [0.05, 0.1) is 11.2 Å². The van der Waals surface area contributed by atoms with E-state index in [9.17, 15) is 0 Å². The van der Waals surface area contributed by atoms with Gasteiger partial charge in [0.1, 0.15) is 0 Å². The second kappa shape index (κ2) is 11.2. The van der Waals surface area contributed by atoms with Crippen molar-refractivity contribution in [2.45, 2.75) is 85.8 Å². The SMILES string of the molecule is C=CCB1OC(C)(C)C(C)(C)O1.CC.CCC=CCC. The summed E-state index contributed by atoms with van der Waals surface area (Å²) in [6.07, 6.45) is 9.29. The van der Waals surface area contributed by atoms with E-state index in [1.165, 1.54) is 12.8 Å². The maximum Gasteiger partial charge on any atom is 0.461 e. The van der Waals surface area contributed by atoms with E-state index in [1.54, 1.807) is 0 Å². The highest BCUT2D eigenvalue weighted by Crippen LogP contribution is 2.37. The van der Waals surface area contributed by atoms with Crippen LogP contribution in [0.15, 0.2) is 24.8 Å². The van der Waals surface area contributed by atoms with Crippen LogP contribution in [0, 0.1) is 0 Å². The predicted molar refractivity (Wildman–Crippen MR) is 92.2 cm³/mol. The van der Waals surface area contributed by atoms with Gasteiger partial charge in [-0.15, -0.1) is 6.58 Å². The van der Waals surface area contributed by atoms with Gasteiger partial charge < -0.3 is 9.31 Å². The van der Waals surface area contributed by atoms with Gasteiger partial charge in [-0.3, -0.25) is 0 Å². The molecule has 20 heavy (non-hydrogen) atoms. The van der Waals surface area contributed by atoms with Gasteiger partial charge in [-0.1, -0.05) is 45.9 Å². The topological polar surface area (TPSA) is 18.5 Å². The molecule has 118 valence electrons. The van der Waals surface area contributed by atoms with Crippen LogP contribution in [0.1, 0.15) is 68.2 Å². The fourth-order valence-electron chi connectivity index (χ4n) is 1.53. The summed E-state index contributed by atoms with van der Waals surface area (Å²) in [4.78, 5) is 0. The fourth-order valence-corrected chi connectivity index (χ4v) is 1.53.